The zero-order chi connectivity index (χ0) is 15.6. The van der Waals surface area contributed by atoms with Gasteiger partial charge in [-0.25, -0.2) is 4.98 Å². The lowest BCUT2D eigenvalue weighted by Gasteiger charge is -1.94. The van der Waals surface area contributed by atoms with Crippen LogP contribution in [0.25, 0.3) is 34.6 Å². The minimum Gasteiger partial charge on any atom is -0.464 e. The monoisotopic (exact) mass is 321 g/mol. The molecule has 0 aliphatic carbocycles. The van der Waals surface area contributed by atoms with Crippen molar-refractivity contribution < 1.29 is 8.83 Å². The SMILES string of the molecule is Clc1ccc(/C=C/c2nc3cc(-c4ccco4)ccc3o2)cc1. The third-order valence-electron chi connectivity index (χ3n) is 3.50. The Balaban J connectivity index is 1.65. The van der Waals surface area contributed by atoms with Gasteiger partial charge in [0.25, 0.3) is 0 Å². The minimum atomic E-state index is 0.562. The summed E-state index contributed by atoms with van der Waals surface area (Å²) >= 11 is 5.88. The molecule has 0 radical (unpaired) electrons. The van der Waals surface area contributed by atoms with Gasteiger partial charge >= 0.3 is 0 Å². The van der Waals surface area contributed by atoms with Gasteiger partial charge in [-0.2, -0.15) is 0 Å². The summed E-state index contributed by atoms with van der Waals surface area (Å²) in [5.41, 5.74) is 3.56. The number of oxazole rings is 1. The lowest BCUT2D eigenvalue weighted by Crippen LogP contribution is -1.75. The Morgan fingerprint density at radius 1 is 0.957 bits per heavy atom. The van der Waals surface area contributed by atoms with Gasteiger partial charge < -0.3 is 8.83 Å². The quantitative estimate of drug-likeness (QED) is 0.470. The van der Waals surface area contributed by atoms with Crippen molar-refractivity contribution in [3.8, 4) is 11.3 Å². The molecule has 0 spiro atoms. The Kier molecular flexibility index (Phi) is 3.48. The summed E-state index contributed by atoms with van der Waals surface area (Å²) in [4.78, 5) is 4.49. The number of fused-ring (bicyclic) bond motifs is 1. The van der Waals surface area contributed by atoms with Crippen molar-refractivity contribution in [2.75, 3.05) is 0 Å². The fourth-order valence-electron chi connectivity index (χ4n) is 2.35. The number of hydrogen-bond acceptors (Lipinski definition) is 3. The average molecular weight is 322 g/mol. The lowest BCUT2D eigenvalue weighted by atomic mass is 10.1. The van der Waals surface area contributed by atoms with Crippen LogP contribution in [0.2, 0.25) is 5.02 Å². The van der Waals surface area contributed by atoms with E-state index < -0.39 is 0 Å². The molecule has 4 rings (SSSR count). The zero-order valence-corrected chi connectivity index (χ0v) is 12.8. The van der Waals surface area contributed by atoms with Gasteiger partial charge in [-0.15, -0.1) is 0 Å². The van der Waals surface area contributed by atoms with E-state index in [-0.39, 0.29) is 0 Å². The van der Waals surface area contributed by atoms with Crippen LogP contribution >= 0.6 is 11.6 Å². The third kappa shape index (κ3) is 2.91. The highest BCUT2D eigenvalue weighted by molar-refractivity contribution is 6.30. The topological polar surface area (TPSA) is 39.2 Å². The Morgan fingerprint density at radius 3 is 2.61 bits per heavy atom. The van der Waals surface area contributed by atoms with E-state index in [9.17, 15) is 0 Å². The van der Waals surface area contributed by atoms with Crippen molar-refractivity contribution in [1.82, 2.24) is 4.98 Å². The summed E-state index contributed by atoms with van der Waals surface area (Å²) in [6.07, 6.45) is 5.44. The molecule has 0 saturated carbocycles. The predicted molar refractivity (Wildman–Crippen MR) is 92.1 cm³/mol. The molecule has 3 nitrogen and oxygen atoms in total. The van der Waals surface area contributed by atoms with E-state index >= 15 is 0 Å². The number of nitrogens with zero attached hydrogens (tertiary/aromatic N) is 1. The molecule has 4 heteroatoms. The second kappa shape index (κ2) is 5.78. The highest BCUT2D eigenvalue weighted by Crippen LogP contribution is 2.25. The van der Waals surface area contributed by atoms with E-state index in [0.717, 1.165) is 33.0 Å². The molecule has 2 aromatic heterocycles. The summed E-state index contributed by atoms with van der Waals surface area (Å²) in [6, 6.07) is 17.2. The molecular formula is C19H12ClNO2. The van der Waals surface area contributed by atoms with Gasteiger partial charge in [-0.3, -0.25) is 0 Å². The molecule has 0 saturated heterocycles. The second-order valence-corrected chi connectivity index (χ2v) is 5.53. The van der Waals surface area contributed by atoms with Crippen molar-refractivity contribution in [2.24, 2.45) is 0 Å². The molecule has 0 aliphatic heterocycles. The molecule has 0 fully saturated rings. The van der Waals surface area contributed by atoms with Gasteiger partial charge in [-0.05, 0) is 54.1 Å². The van der Waals surface area contributed by atoms with Crippen LogP contribution < -0.4 is 0 Å². The van der Waals surface area contributed by atoms with Crippen LogP contribution in [0.4, 0.5) is 0 Å². The van der Waals surface area contributed by atoms with Crippen LogP contribution in [-0.4, -0.2) is 4.98 Å². The molecule has 2 heterocycles. The fraction of sp³-hybridized carbons (Fsp3) is 0. The minimum absolute atomic E-state index is 0.562. The summed E-state index contributed by atoms with van der Waals surface area (Å²) in [5.74, 6) is 1.37. The van der Waals surface area contributed by atoms with Gasteiger partial charge in [0.2, 0.25) is 5.89 Å². The first kappa shape index (κ1) is 13.9. The summed E-state index contributed by atoms with van der Waals surface area (Å²) in [5, 5.41) is 0.717. The molecule has 4 aromatic rings. The number of aromatic nitrogens is 1. The van der Waals surface area contributed by atoms with E-state index in [0.29, 0.717) is 5.89 Å². The van der Waals surface area contributed by atoms with Gasteiger partial charge in [0, 0.05) is 16.7 Å². The normalized spacial score (nSPS) is 11.5. The number of halogens is 1. The molecule has 0 bridgehead atoms. The van der Waals surface area contributed by atoms with Crippen molar-refractivity contribution in [2.45, 2.75) is 0 Å². The Hall–Kier alpha value is -2.78. The predicted octanol–water partition coefficient (Wildman–Crippen LogP) is 5.91. The molecule has 0 unspecified atom stereocenters. The van der Waals surface area contributed by atoms with E-state index in [1.165, 1.54) is 0 Å². The van der Waals surface area contributed by atoms with Gasteiger partial charge in [0.1, 0.15) is 11.3 Å². The summed E-state index contributed by atoms with van der Waals surface area (Å²) in [7, 11) is 0. The van der Waals surface area contributed by atoms with Crippen LogP contribution in [0, 0.1) is 0 Å². The largest absolute Gasteiger partial charge is 0.464 e. The number of rotatable bonds is 3. The second-order valence-electron chi connectivity index (χ2n) is 5.10. The molecule has 2 aromatic carbocycles. The van der Waals surface area contributed by atoms with Gasteiger partial charge in [-0.1, -0.05) is 23.7 Å². The third-order valence-corrected chi connectivity index (χ3v) is 3.75. The summed E-state index contributed by atoms with van der Waals surface area (Å²) < 4.78 is 11.1. The van der Waals surface area contributed by atoms with Crippen molar-refractivity contribution in [1.29, 1.82) is 0 Å². The van der Waals surface area contributed by atoms with Crippen LogP contribution in [0.1, 0.15) is 11.5 Å². The first-order chi connectivity index (χ1) is 11.3. The van der Waals surface area contributed by atoms with Gasteiger partial charge in [0.05, 0.1) is 6.26 Å². The Labute approximate surface area is 137 Å². The Morgan fingerprint density at radius 2 is 1.83 bits per heavy atom. The van der Waals surface area contributed by atoms with Gasteiger partial charge in [0.15, 0.2) is 5.58 Å². The van der Waals surface area contributed by atoms with E-state index in [4.69, 9.17) is 20.4 Å². The summed E-state index contributed by atoms with van der Waals surface area (Å²) in [6.45, 7) is 0. The zero-order valence-electron chi connectivity index (χ0n) is 12.1. The molecule has 0 N–H and O–H groups in total. The van der Waals surface area contributed by atoms with Crippen molar-refractivity contribution in [3.05, 3.63) is 77.3 Å². The first-order valence-electron chi connectivity index (χ1n) is 7.16. The molecule has 23 heavy (non-hydrogen) atoms. The fourth-order valence-corrected chi connectivity index (χ4v) is 2.48. The van der Waals surface area contributed by atoms with Crippen molar-refractivity contribution >= 4 is 34.9 Å². The number of hydrogen-bond donors (Lipinski definition) is 0. The van der Waals surface area contributed by atoms with Crippen LogP contribution in [-0.2, 0) is 0 Å². The number of furan rings is 1. The maximum absolute atomic E-state index is 5.88. The van der Waals surface area contributed by atoms with Crippen LogP contribution in [0.15, 0.2) is 69.7 Å². The number of benzene rings is 2. The molecule has 0 aliphatic rings. The molecule has 0 atom stereocenters. The lowest BCUT2D eigenvalue weighted by molar-refractivity contribution is 0.582. The standard InChI is InChI=1S/C19H12ClNO2/c20-15-7-3-13(4-8-15)5-10-19-21-16-12-14(6-9-18(16)23-19)17-2-1-11-22-17/h1-12H/b10-5+. The first-order valence-corrected chi connectivity index (χ1v) is 7.54. The maximum atomic E-state index is 5.88. The molecule has 112 valence electrons. The highest BCUT2D eigenvalue weighted by Gasteiger charge is 2.07. The van der Waals surface area contributed by atoms with E-state index in [2.05, 4.69) is 4.98 Å². The van der Waals surface area contributed by atoms with Crippen LogP contribution in [0.5, 0.6) is 0 Å². The average Bonchev–Trinajstić information content (AvgIpc) is 3.23. The van der Waals surface area contributed by atoms with E-state index in [1.807, 2.05) is 66.7 Å². The van der Waals surface area contributed by atoms with Crippen LogP contribution in [0.3, 0.4) is 0 Å². The van der Waals surface area contributed by atoms with E-state index in [1.54, 1.807) is 6.26 Å². The van der Waals surface area contributed by atoms with Crippen molar-refractivity contribution in [3.63, 3.8) is 0 Å². The smallest absolute Gasteiger partial charge is 0.220 e. The highest BCUT2D eigenvalue weighted by atomic mass is 35.5. The Bertz CT molecular complexity index is 966. The molecular weight excluding hydrogens is 310 g/mol. The molecule has 0 amide bonds. The maximum Gasteiger partial charge on any atom is 0.220 e.